The van der Waals surface area contributed by atoms with Gasteiger partial charge < -0.3 is 15.0 Å². The van der Waals surface area contributed by atoms with E-state index in [1.54, 1.807) is 0 Å². The first-order valence-electron chi connectivity index (χ1n) is 9.58. The predicted octanol–water partition coefficient (Wildman–Crippen LogP) is 3.65. The first-order valence-corrected chi connectivity index (χ1v) is 9.58. The van der Waals surface area contributed by atoms with Gasteiger partial charge in [0.25, 0.3) is 0 Å². The second-order valence-electron chi connectivity index (χ2n) is 8.38. The fourth-order valence-corrected chi connectivity index (χ4v) is 4.90. The number of amides is 1. The average Bonchev–Trinajstić information content (AvgIpc) is 3.23. The van der Waals surface area contributed by atoms with Gasteiger partial charge >= 0.3 is 0 Å². The number of nitrogens with one attached hydrogen (secondary N) is 1. The van der Waals surface area contributed by atoms with E-state index in [2.05, 4.69) is 79.5 Å². The van der Waals surface area contributed by atoms with Crippen LogP contribution < -0.4 is 15.0 Å². The minimum atomic E-state index is -0.545. The first kappa shape index (κ1) is 16.4. The molecule has 3 heterocycles. The Hall–Kier alpha value is -2.75. The largest absolute Gasteiger partial charge is 0.490 e. The van der Waals surface area contributed by atoms with Crippen LogP contribution in [0, 0.1) is 0 Å². The highest BCUT2D eigenvalue weighted by Crippen LogP contribution is 2.52. The fraction of sp³-hybridized carbons (Fsp3) is 0.348. The lowest BCUT2D eigenvalue weighted by Gasteiger charge is -2.40. The number of hydrogen-bond acceptors (Lipinski definition) is 3. The number of nitrogens with zero attached hydrogens (tertiary/aromatic N) is 1. The molecule has 1 fully saturated rings. The summed E-state index contributed by atoms with van der Waals surface area (Å²) in [6, 6.07) is 14.7. The lowest BCUT2D eigenvalue weighted by atomic mass is 9.75. The van der Waals surface area contributed by atoms with Crippen molar-refractivity contribution in [3.63, 3.8) is 0 Å². The van der Waals surface area contributed by atoms with Gasteiger partial charge in [0.05, 0.1) is 6.54 Å². The zero-order valence-electron chi connectivity index (χ0n) is 16.0. The summed E-state index contributed by atoms with van der Waals surface area (Å²) in [4.78, 5) is 14.6. The Bertz CT molecular complexity index is 978. The Morgan fingerprint density at radius 2 is 2.04 bits per heavy atom. The molecular weight excluding hydrogens is 336 g/mol. The molecule has 4 nitrogen and oxygen atoms in total. The van der Waals surface area contributed by atoms with Gasteiger partial charge in [0.2, 0.25) is 5.91 Å². The van der Waals surface area contributed by atoms with Crippen LogP contribution in [0.5, 0.6) is 5.75 Å². The van der Waals surface area contributed by atoms with Gasteiger partial charge in [-0.15, -0.1) is 0 Å². The molecule has 2 atom stereocenters. The van der Waals surface area contributed by atoms with E-state index in [0.717, 1.165) is 23.4 Å². The van der Waals surface area contributed by atoms with Crippen molar-refractivity contribution in [1.29, 1.82) is 0 Å². The van der Waals surface area contributed by atoms with Gasteiger partial charge in [-0.25, -0.2) is 0 Å². The number of hydrogen-bond donors (Lipinski definition) is 1. The molecule has 27 heavy (non-hydrogen) atoms. The van der Waals surface area contributed by atoms with E-state index in [1.165, 1.54) is 11.1 Å². The van der Waals surface area contributed by atoms with Crippen LogP contribution >= 0.6 is 0 Å². The van der Waals surface area contributed by atoms with Crippen molar-refractivity contribution in [1.82, 2.24) is 5.32 Å². The third-order valence-electron chi connectivity index (χ3n) is 6.32. The van der Waals surface area contributed by atoms with Gasteiger partial charge in [-0.05, 0) is 47.9 Å². The molecule has 0 saturated carbocycles. The number of fused-ring (bicyclic) bond motifs is 4. The van der Waals surface area contributed by atoms with Gasteiger partial charge in [-0.1, -0.05) is 44.2 Å². The summed E-state index contributed by atoms with van der Waals surface area (Å²) in [7, 11) is 0. The van der Waals surface area contributed by atoms with Gasteiger partial charge in [0.15, 0.2) is 0 Å². The maximum absolute atomic E-state index is 12.4. The number of carbonyl (C=O) groups is 1. The van der Waals surface area contributed by atoms with E-state index in [0.29, 0.717) is 6.54 Å². The summed E-state index contributed by atoms with van der Waals surface area (Å²) in [6.07, 6.45) is 5.49. The van der Waals surface area contributed by atoms with E-state index >= 15 is 0 Å². The van der Waals surface area contributed by atoms with Crippen LogP contribution in [-0.4, -0.2) is 24.2 Å². The van der Waals surface area contributed by atoms with Crippen molar-refractivity contribution >= 4 is 17.7 Å². The molecule has 3 aliphatic heterocycles. The molecule has 138 valence electrons. The molecule has 0 radical (unpaired) electrons. The van der Waals surface area contributed by atoms with Gasteiger partial charge in [0.1, 0.15) is 17.5 Å². The smallest absolute Gasteiger partial charge is 0.241 e. The van der Waals surface area contributed by atoms with E-state index < -0.39 is 5.66 Å². The second kappa shape index (κ2) is 5.38. The van der Waals surface area contributed by atoms with E-state index in [4.69, 9.17) is 4.74 Å². The van der Waals surface area contributed by atoms with Crippen molar-refractivity contribution in [2.45, 2.75) is 44.4 Å². The topological polar surface area (TPSA) is 41.6 Å². The molecule has 4 heteroatoms. The maximum Gasteiger partial charge on any atom is 0.241 e. The Labute approximate surface area is 159 Å². The molecule has 2 aromatic carbocycles. The predicted molar refractivity (Wildman–Crippen MR) is 107 cm³/mol. The number of benzene rings is 2. The maximum atomic E-state index is 12.4. The number of para-hydroxylation sites is 1. The monoisotopic (exact) mass is 360 g/mol. The van der Waals surface area contributed by atoms with Gasteiger partial charge in [0, 0.05) is 17.5 Å². The Balaban J connectivity index is 1.57. The van der Waals surface area contributed by atoms with Crippen LogP contribution in [0.25, 0.3) is 6.08 Å². The van der Waals surface area contributed by atoms with Crippen LogP contribution in [-0.2, 0) is 16.6 Å². The SMILES string of the molecule is C[C@@H]1Cc2cc(C=C[C@@]34NC(=O)CN3c3ccccc3C4(C)C)ccc2O1. The summed E-state index contributed by atoms with van der Waals surface area (Å²) < 4.78 is 5.81. The highest BCUT2D eigenvalue weighted by Gasteiger charge is 2.59. The van der Waals surface area contributed by atoms with Crippen LogP contribution in [0.15, 0.2) is 48.5 Å². The normalized spacial score (nSPS) is 27.3. The lowest BCUT2D eigenvalue weighted by Crippen LogP contribution is -2.58. The third-order valence-corrected chi connectivity index (χ3v) is 6.32. The summed E-state index contributed by atoms with van der Waals surface area (Å²) in [6.45, 7) is 6.90. The Kier molecular flexibility index (Phi) is 3.27. The molecule has 0 aliphatic carbocycles. The molecule has 0 bridgehead atoms. The Morgan fingerprint density at radius 3 is 2.89 bits per heavy atom. The molecule has 0 unspecified atom stereocenters. The van der Waals surface area contributed by atoms with E-state index in [1.807, 2.05) is 6.07 Å². The van der Waals surface area contributed by atoms with Crippen molar-refractivity contribution in [3.05, 3.63) is 65.2 Å². The number of anilines is 1. The lowest BCUT2D eigenvalue weighted by molar-refractivity contribution is -0.118. The zero-order chi connectivity index (χ0) is 18.8. The first-order chi connectivity index (χ1) is 12.9. The molecule has 1 amide bonds. The average molecular weight is 360 g/mol. The molecule has 0 spiro atoms. The summed E-state index contributed by atoms with van der Waals surface area (Å²) in [5.74, 6) is 1.06. The van der Waals surface area contributed by atoms with Crippen LogP contribution in [0.2, 0.25) is 0 Å². The van der Waals surface area contributed by atoms with Crippen LogP contribution in [0.3, 0.4) is 0 Å². The highest BCUT2D eigenvalue weighted by molar-refractivity contribution is 5.91. The summed E-state index contributed by atoms with van der Waals surface area (Å²) in [5.41, 5.74) is 4.02. The quantitative estimate of drug-likeness (QED) is 0.889. The second-order valence-corrected chi connectivity index (χ2v) is 8.38. The minimum Gasteiger partial charge on any atom is -0.490 e. The Morgan fingerprint density at radius 1 is 1.22 bits per heavy atom. The molecule has 2 aromatic rings. The molecule has 1 N–H and O–H groups in total. The van der Waals surface area contributed by atoms with Crippen molar-refractivity contribution in [3.8, 4) is 5.75 Å². The third kappa shape index (κ3) is 2.19. The fourth-order valence-electron chi connectivity index (χ4n) is 4.90. The molecule has 1 saturated heterocycles. The van der Waals surface area contributed by atoms with Crippen LogP contribution in [0.4, 0.5) is 5.69 Å². The number of carbonyl (C=O) groups excluding carboxylic acids is 1. The van der Waals surface area contributed by atoms with Crippen molar-refractivity contribution in [2.75, 3.05) is 11.4 Å². The highest BCUT2D eigenvalue weighted by atomic mass is 16.5. The molecule has 5 rings (SSSR count). The summed E-state index contributed by atoms with van der Waals surface area (Å²) >= 11 is 0. The van der Waals surface area contributed by atoms with Gasteiger partial charge in [-0.3, -0.25) is 4.79 Å². The zero-order valence-corrected chi connectivity index (χ0v) is 16.0. The minimum absolute atomic E-state index is 0.0680. The summed E-state index contributed by atoms with van der Waals surface area (Å²) in [5, 5.41) is 3.27. The standard InChI is InChI=1S/C23H24N2O2/c1-15-12-17-13-16(8-9-20(17)27-15)10-11-23-22(2,3)18-6-4-5-7-19(18)25(23)14-21(26)24-23/h4-11,13,15H,12,14H2,1-3H3,(H,24,26)/t15-,23-/m1/s1. The van der Waals surface area contributed by atoms with Crippen LogP contribution in [0.1, 0.15) is 37.5 Å². The van der Waals surface area contributed by atoms with E-state index in [9.17, 15) is 4.79 Å². The number of rotatable bonds is 2. The van der Waals surface area contributed by atoms with E-state index in [-0.39, 0.29) is 17.4 Å². The van der Waals surface area contributed by atoms with Gasteiger partial charge in [-0.2, -0.15) is 0 Å². The molecule has 3 aliphatic rings. The van der Waals surface area contributed by atoms with Crippen molar-refractivity contribution in [2.24, 2.45) is 0 Å². The van der Waals surface area contributed by atoms with Crippen molar-refractivity contribution < 1.29 is 9.53 Å². The number of ether oxygens (including phenoxy) is 1. The molecule has 0 aromatic heterocycles. The molecular formula is C23H24N2O2.